The van der Waals surface area contributed by atoms with Crippen LogP contribution < -0.4 is 0 Å². The van der Waals surface area contributed by atoms with Crippen LogP contribution in [0.25, 0.3) is 0 Å². The van der Waals surface area contributed by atoms with Crippen LogP contribution in [-0.2, 0) is 16.0 Å². The number of ketones is 1. The van der Waals surface area contributed by atoms with Crippen LogP contribution in [-0.4, -0.2) is 19.0 Å². The van der Waals surface area contributed by atoms with E-state index in [0.717, 1.165) is 12.8 Å². The third-order valence-corrected chi connectivity index (χ3v) is 3.29. The molecule has 0 saturated carbocycles. The summed E-state index contributed by atoms with van der Waals surface area (Å²) in [6, 6.07) is 4.43. The number of Topliss-reactive ketones (excluding diaryl/α,β-unsaturated/α-hetero) is 1. The molecule has 0 N–H and O–H groups in total. The summed E-state index contributed by atoms with van der Waals surface area (Å²) >= 11 is 5.66. The van der Waals surface area contributed by atoms with Crippen LogP contribution in [0.3, 0.4) is 0 Å². The third-order valence-electron chi connectivity index (χ3n) is 3.06. The zero-order chi connectivity index (χ0) is 12.3. The Balaban J connectivity index is 2.02. The van der Waals surface area contributed by atoms with Gasteiger partial charge in [0, 0.05) is 30.6 Å². The van der Waals surface area contributed by atoms with E-state index in [9.17, 15) is 9.18 Å². The molecule has 1 fully saturated rings. The van der Waals surface area contributed by atoms with Crippen molar-refractivity contribution in [3.8, 4) is 0 Å². The molecule has 0 amide bonds. The molecule has 0 aliphatic carbocycles. The van der Waals surface area contributed by atoms with Gasteiger partial charge >= 0.3 is 0 Å². The second-order valence-corrected chi connectivity index (χ2v) is 4.70. The molecule has 17 heavy (non-hydrogen) atoms. The first-order valence-electron chi connectivity index (χ1n) is 5.71. The maximum atomic E-state index is 13.5. The molecule has 2 nitrogen and oxygen atoms in total. The number of ether oxygens (including phenoxy) is 1. The van der Waals surface area contributed by atoms with Gasteiger partial charge in [-0.15, -0.1) is 0 Å². The molecule has 0 bridgehead atoms. The summed E-state index contributed by atoms with van der Waals surface area (Å²) in [5.74, 6) is -0.300. The molecule has 0 unspecified atom stereocenters. The molecule has 4 heteroatoms. The highest BCUT2D eigenvalue weighted by Gasteiger charge is 2.22. The van der Waals surface area contributed by atoms with Crippen molar-refractivity contribution in [2.45, 2.75) is 19.3 Å². The number of carbonyl (C=O) groups is 1. The normalized spacial score (nSPS) is 17.1. The van der Waals surface area contributed by atoms with Crippen LogP contribution in [0.15, 0.2) is 18.2 Å². The van der Waals surface area contributed by atoms with Crippen LogP contribution in [0.2, 0.25) is 5.02 Å². The van der Waals surface area contributed by atoms with Crippen LogP contribution in [0.4, 0.5) is 4.39 Å². The highest BCUT2D eigenvalue weighted by atomic mass is 35.5. The van der Waals surface area contributed by atoms with Gasteiger partial charge in [0.2, 0.25) is 0 Å². The number of benzene rings is 1. The fourth-order valence-corrected chi connectivity index (χ4v) is 2.18. The lowest BCUT2D eigenvalue weighted by Gasteiger charge is -2.20. The van der Waals surface area contributed by atoms with Crippen molar-refractivity contribution in [3.63, 3.8) is 0 Å². The summed E-state index contributed by atoms with van der Waals surface area (Å²) in [6.45, 7) is 1.25. The molecular weight excluding hydrogens is 243 g/mol. The monoisotopic (exact) mass is 256 g/mol. The van der Waals surface area contributed by atoms with Gasteiger partial charge in [-0.1, -0.05) is 17.7 Å². The van der Waals surface area contributed by atoms with E-state index in [1.54, 1.807) is 12.1 Å². The van der Waals surface area contributed by atoms with Crippen molar-refractivity contribution in [1.82, 2.24) is 0 Å². The maximum absolute atomic E-state index is 13.5. The van der Waals surface area contributed by atoms with Crippen molar-refractivity contribution < 1.29 is 13.9 Å². The Morgan fingerprint density at radius 3 is 2.76 bits per heavy atom. The van der Waals surface area contributed by atoms with Crippen LogP contribution in [0.5, 0.6) is 0 Å². The third kappa shape index (κ3) is 3.27. The number of rotatable bonds is 3. The first-order chi connectivity index (χ1) is 8.16. The fraction of sp³-hybridized carbons (Fsp3) is 0.462. The van der Waals surface area contributed by atoms with E-state index in [2.05, 4.69) is 0 Å². The molecule has 1 aromatic carbocycles. The molecule has 0 radical (unpaired) electrons. The van der Waals surface area contributed by atoms with E-state index in [4.69, 9.17) is 16.3 Å². The van der Waals surface area contributed by atoms with Crippen molar-refractivity contribution >= 4 is 17.4 Å². The highest BCUT2D eigenvalue weighted by molar-refractivity contribution is 6.30. The lowest BCUT2D eigenvalue weighted by Crippen LogP contribution is -2.25. The predicted molar refractivity (Wildman–Crippen MR) is 63.7 cm³/mol. The summed E-state index contributed by atoms with van der Waals surface area (Å²) in [7, 11) is 0. The predicted octanol–water partition coefficient (Wildman–Crippen LogP) is 3.02. The number of carbonyl (C=O) groups excluding carboxylic acids is 1. The number of halogens is 2. The van der Waals surface area contributed by atoms with Gasteiger partial charge in [-0.05, 0) is 30.5 Å². The molecule has 92 valence electrons. The highest BCUT2D eigenvalue weighted by Crippen LogP contribution is 2.20. The Hall–Kier alpha value is -0.930. The molecule has 2 rings (SSSR count). The van der Waals surface area contributed by atoms with Crippen molar-refractivity contribution in [1.29, 1.82) is 0 Å². The largest absolute Gasteiger partial charge is 0.381 e. The summed E-state index contributed by atoms with van der Waals surface area (Å²) in [4.78, 5) is 11.9. The average Bonchev–Trinajstić information content (AvgIpc) is 2.34. The Labute approximate surface area is 105 Å². The SMILES string of the molecule is O=C(Cc1ccc(Cl)cc1F)C1CCOCC1. The maximum Gasteiger partial charge on any atom is 0.140 e. The average molecular weight is 257 g/mol. The minimum absolute atomic E-state index is 0.0128. The summed E-state index contributed by atoms with van der Waals surface area (Å²) in [6.07, 6.45) is 1.63. The molecule has 1 aromatic rings. The zero-order valence-electron chi connectivity index (χ0n) is 9.42. The van der Waals surface area contributed by atoms with Gasteiger partial charge in [0.25, 0.3) is 0 Å². The first-order valence-corrected chi connectivity index (χ1v) is 6.09. The minimum atomic E-state index is -0.405. The van der Waals surface area contributed by atoms with Gasteiger partial charge in [-0.3, -0.25) is 4.79 Å². The molecular formula is C13H14ClFO2. The fourth-order valence-electron chi connectivity index (χ4n) is 2.02. The van der Waals surface area contributed by atoms with Crippen LogP contribution >= 0.6 is 11.6 Å². The van der Waals surface area contributed by atoms with Crippen molar-refractivity contribution in [2.75, 3.05) is 13.2 Å². The lowest BCUT2D eigenvalue weighted by molar-refractivity contribution is -0.125. The first kappa shape index (κ1) is 12.5. The van der Waals surface area contributed by atoms with Crippen LogP contribution in [0.1, 0.15) is 18.4 Å². The van der Waals surface area contributed by atoms with E-state index in [1.807, 2.05) is 0 Å². The summed E-state index contributed by atoms with van der Waals surface area (Å²) in [5, 5.41) is 0.352. The number of hydrogen-bond donors (Lipinski definition) is 0. The Morgan fingerprint density at radius 2 is 2.12 bits per heavy atom. The van der Waals surface area contributed by atoms with E-state index in [-0.39, 0.29) is 18.1 Å². The van der Waals surface area contributed by atoms with Crippen molar-refractivity contribution in [2.24, 2.45) is 5.92 Å². The Morgan fingerprint density at radius 1 is 1.41 bits per heavy atom. The molecule has 1 aliphatic heterocycles. The number of hydrogen-bond acceptors (Lipinski definition) is 2. The minimum Gasteiger partial charge on any atom is -0.381 e. The Kier molecular flexibility index (Phi) is 4.13. The second-order valence-electron chi connectivity index (χ2n) is 4.27. The Bertz CT molecular complexity index is 414. The van der Waals surface area contributed by atoms with Gasteiger partial charge in [0.1, 0.15) is 11.6 Å². The van der Waals surface area contributed by atoms with E-state index < -0.39 is 5.82 Å². The van der Waals surface area contributed by atoms with Crippen molar-refractivity contribution in [3.05, 3.63) is 34.6 Å². The van der Waals surface area contributed by atoms with Gasteiger partial charge in [-0.2, -0.15) is 0 Å². The second kappa shape index (κ2) is 5.61. The van der Waals surface area contributed by atoms with Crippen LogP contribution in [0, 0.1) is 11.7 Å². The summed E-state index contributed by atoms with van der Waals surface area (Å²) < 4.78 is 18.7. The molecule has 0 aromatic heterocycles. The lowest BCUT2D eigenvalue weighted by atomic mass is 9.91. The van der Waals surface area contributed by atoms with Gasteiger partial charge in [-0.25, -0.2) is 4.39 Å². The van der Waals surface area contributed by atoms with E-state index in [0.29, 0.717) is 23.8 Å². The molecule has 1 heterocycles. The molecule has 0 spiro atoms. The standard InChI is InChI=1S/C13H14ClFO2/c14-11-2-1-10(12(15)8-11)7-13(16)9-3-5-17-6-4-9/h1-2,8-9H,3-7H2. The zero-order valence-corrected chi connectivity index (χ0v) is 10.2. The molecule has 1 aliphatic rings. The molecule has 0 atom stereocenters. The topological polar surface area (TPSA) is 26.3 Å². The van der Waals surface area contributed by atoms with E-state index in [1.165, 1.54) is 6.07 Å². The quantitative estimate of drug-likeness (QED) is 0.831. The van der Waals surface area contributed by atoms with Gasteiger partial charge in [0.05, 0.1) is 0 Å². The van der Waals surface area contributed by atoms with Gasteiger partial charge < -0.3 is 4.74 Å². The van der Waals surface area contributed by atoms with E-state index >= 15 is 0 Å². The smallest absolute Gasteiger partial charge is 0.140 e. The molecule has 1 saturated heterocycles. The van der Waals surface area contributed by atoms with Gasteiger partial charge in [0.15, 0.2) is 0 Å². The summed E-state index contributed by atoms with van der Waals surface area (Å²) in [5.41, 5.74) is 0.422.